The lowest BCUT2D eigenvalue weighted by Crippen LogP contribution is -2.26. The minimum atomic E-state index is -0.613. The van der Waals surface area contributed by atoms with Gasteiger partial charge >= 0.3 is 0 Å². The van der Waals surface area contributed by atoms with Gasteiger partial charge in [0.05, 0.1) is 5.56 Å². The van der Waals surface area contributed by atoms with Crippen molar-refractivity contribution in [3.05, 3.63) is 67.2 Å². The Morgan fingerprint density at radius 1 is 1.14 bits per heavy atom. The number of amides is 1. The van der Waals surface area contributed by atoms with Crippen LogP contribution in [0.15, 0.2) is 40.9 Å². The van der Waals surface area contributed by atoms with Crippen molar-refractivity contribution in [2.24, 2.45) is 0 Å². The van der Waals surface area contributed by atoms with Crippen LogP contribution in [0.1, 0.15) is 15.9 Å². The molecule has 2 aromatic carbocycles. The molecule has 0 bridgehead atoms. The lowest BCUT2D eigenvalue weighted by atomic mass is 10.1. The van der Waals surface area contributed by atoms with Gasteiger partial charge in [-0.05, 0) is 64.9 Å². The van der Waals surface area contributed by atoms with E-state index in [4.69, 9.17) is 0 Å². The summed E-state index contributed by atoms with van der Waals surface area (Å²) in [6.07, 6.45) is 0.366. The molecule has 0 unspecified atom stereocenters. The average Bonchev–Trinajstić information content (AvgIpc) is 2.40. The molecular formula is C15H11BrF2INO. The van der Waals surface area contributed by atoms with Gasteiger partial charge < -0.3 is 5.32 Å². The van der Waals surface area contributed by atoms with E-state index in [0.29, 0.717) is 24.1 Å². The predicted molar refractivity (Wildman–Crippen MR) is 89.3 cm³/mol. The Labute approximate surface area is 143 Å². The third-order valence-corrected chi connectivity index (χ3v) is 4.23. The van der Waals surface area contributed by atoms with Gasteiger partial charge in [0.1, 0.15) is 11.6 Å². The summed E-state index contributed by atoms with van der Waals surface area (Å²) in [4.78, 5) is 12.1. The molecule has 0 aliphatic carbocycles. The van der Waals surface area contributed by atoms with Gasteiger partial charge in [-0.2, -0.15) is 0 Å². The maximum absolute atomic E-state index is 13.0. The Morgan fingerprint density at radius 2 is 1.81 bits per heavy atom. The average molecular weight is 466 g/mol. The van der Waals surface area contributed by atoms with Crippen molar-refractivity contribution in [1.29, 1.82) is 0 Å². The van der Waals surface area contributed by atoms with Gasteiger partial charge in [-0.25, -0.2) is 8.78 Å². The summed E-state index contributed by atoms with van der Waals surface area (Å²) in [7, 11) is 0. The maximum atomic E-state index is 13.0. The first-order valence-electron chi connectivity index (χ1n) is 6.14. The molecule has 2 rings (SSSR count). The third kappa shape index (κ3) is 4.74. The zero-order valence-corrected chi connectivity index (χ0v) is 14.5. The molecular weight excluding hydrogens is 455 g/mol. The lowest BCUT2D eigenvalue weighted by molar-refractivity contribution is 0.0953. The van der Waals surface area contributed by atoms with E-state index in [1.165, 1.54) is 12.1 Å². The number of hydrogen-bond acceptors (Lipinski definition) is 1. The fraction of sp³-hybridized carbons (Fsp3) is 0.133. The van der Waals surface area contributed by atoms with Gasteiger partial charge in [0.25, 0.3) is 5.91 Å². The molecule has 1 N–H and O–H groups in total. The van der Waals surface area contributed by atoms with Gasteiger partial charge in [-0.3, -0.25) is 4.79 Å². The smallest absolute Gasteiger partial charge is 0.252 e. The van der Waals surface area contributed by atoms with E-state index in [1.54, 1.807) is 6.07 Å². The molecule has 0 saturated carbocycles. The summed E-state index contributed by atoms with van der Waals surface area (Å²) in [5.74, 6) is -1.44. The highest BCUT2D eigenvalue weighted by molar-refractivity contribution is 14.1. The Bertz CT molecular complexity index is 658. The molecule has 0 aromatic heterocycles. The van der Waals surface area contributed by atoms with Crippen LogP contribution in [0.25, 0.3) is 0 Å². The van der Waals surface area contributed by atoms with Crippen LogP contribution in [0.2, 0.25) is 0 Å². The Morgan fingerprint density at radius 3 is 2.48 bits per heavy atom. The number of halogens is 4. The third-order valence-electron chi connectivity index (χ3n) is 2.79. The zero-order valence-electron chi connectivity index (χ0n) is 10.8. The molecule has 0 aliphatic heterocycles. The van der Waals surface area contributed by atoms with Crippen molar-refractivity contribution in [3.8, 4) is 0 Å². The Hall–Kier alpha value is -1.02. The monoisotopic (exact) mass is 465 g/mol. The van der Waals surface area contributed by atoms with Gasteiger partial charge in [-0.1, -0.05) is 15.9 Å². The van der Waals surface area contributed by atoms with Gasteiger partial charge in [0.2, 0.25) is 0 Å². The normalized spacial score (nSPS) is 10.5. The fourth-order valence-electron chi connectivity index (χ4n) is 1.84. The molecule has 0 spiro atoms. The standard InChI is InChI=1S/C15H11BrF2INO/c16-10-1-2-14(19)13(7-10)15(21)20-4-3-9-5-11(17)8-12(18)6-9/h1-2,5-8H,3-4H2,(H,20,21). The van der Waals surface area contributed by atoms with E-state index in [1.807, 2.05) is 12.1 Å². The van der Waals surface area contributed by atoms with Crippen molar-refractivity contribution in [3.63, 3.8) is 0 Å². The highest BCUT2D eigenvalue weighted by atomic mass is 127. The second-order valence-electron chi connectivity index (χ2n) is 4.41. The van der Waals surface area contributed by atoms with E-state index in [9.17, 15) is 13.6 Å². The molecule has 0 heterocycles. The molecule has 0 radical (unpaired) electrons. The van der Waals surface area contributed by atoms with Crippen LogP contribution in [0.5, 0.6) is 0 Å². The minimum absolute atomic E-state index is 0.211. The van der Waals surface area contributed by atoms with Crippen LogP contribution in [0, 0.1) is 15.2 Å². The van der Waals surface area contributed by atoms with Crippen molar-refractivity contribution in [2.45, 2.75) is 6.42 Å². The molecule has 0 atom stereocenters. The fourth-order valence-corrected chi connectivity index (χ4v) is 2.78. The van der Waals surface area contributed by atoms with Crippen molar-refractivity contribution in [1.82, 2.24) is 5.32 Å². The first-order valence-corrected chi connectivity index (χ1v) is 8.01. The first-order chi connectivity index (χ1) is 9.95. The minimum Gasteiger partial charge on any atom is -0.352 e. The summed E-state index contributed by atoms with van der Waals surface area (Å²) in [5, 5.41) is 2.74. The number of rotatable bonds is 4. The molecule has 2 nitrogen and oxygen atoms in total. The van der Waals surface area contributed by atoms with Crippen molar-refractivity contribution in [2.75, 3.05) is 6.54 Å². The molecule has 6 heteroatoms. The summed E-state index contributed by atoms with van der Waals surface area (Å²) in [5.41, 5.74) is 1.08. The number of nitrogens with one attached hydrogen (secondary N) is 1. The number of hydrogen-bond donors (Lipinski definition) is 1. The van der Waals surface area contributed by atoms with Crippen LogP contribution in [-0.4, -0.2) is 12.5 Å². The summed E-state index contributed by atoms with van der Waals surface area (Å²) < 4.78 is 27.7. The van der Waals surface area contributed by atoms with Crippen LogP contribution in [-0.2, 0) is 6.42 Å². The molecule has 0 fully saturated rings. The SMILES string of the molecule is O=C(NCCc1cc(F)cc(F)c1)c1cc(Br)ccc1I. The van der Waals surface area contributed by atoms with E-state index >= 15 is 0 Å². The summed E-state index contributed by atoms with van der Waals surface area (Å²) >= 11 is 5.40. The summed E-state index contributed by atoms with van der Waals surface area (Å²) in [6.45, 7) is 0.310. The van der Waals surface area contributed by atoms with Crippen LogP contribution in [0.3, 0.4) is 0 Å². The molecule has 110 valence electrons. The number of carbonyl (C=O) groups is 1. The van der Waals surface area contributed by atoms with Gasteiger partial charge in [0, 0.05) is 20.7 Å². The van der Waals surface area contributed by atoms with Gasteiger partial charge in [0.15, 0.2) is 0 Å². The van der Waals surface area contributed by atoms with Gasteiger partial charge in [-0.15, -0.1) is 0 Å². The second kappa shape index (κ2) is 7.31. The first kappa shape index (κ1) is 16.4. The highest BCUT2D eigenvalue weighted by Crippen LogP contribution is 2.18. The predicted octanol–water partition coefficient (Wildman–Crippen LogP) is 4.30. The lowest BCUT2D eigenvalue weighted by Gasteiger charge is -2.08. The molecule has 0 aliphatic rings. The molecule has 0 saturated heterocycles. The molecule has 21 heavy (non-hydrogen) atoms. The van der Waals surface area contributed by atoms with Crippen molar-refractivity contribution < 1.29 is 13.6 Å². The topological polar surface area (TPSA) is 29.1 Å². The Balaban J connectivity index is 1.96. The largest absolute Gasteiger partial charge is 0.352 e. The second-order valence-corrected chi connectivity index (χ2v) is 6.49. The van der Waals surface area contributed by atoms with E-state index in [-0.39, 0.29) is 5.91 Å². The quantitative estimate of drug-likeness (QED) is 0.670. The summed E-state index contributed by atoms with van der Waals surface area (Å²) in [6, 6.07) is 8.77. The van der Waals surface area contributed by atoms with E-state index < -0.39 is 11.6 Å². The van der Waals surface area contributed by atoms with Crippen molar-refractivity contribution >= 4 is 44.4 Å². The molecule has 1 amide bonds. The van der Waals surface area contributed by atoms with Crippen LogP contribution < -0.4 is 5.32 Å². The highest BCUT2D eigenvalue weighted by Gasteiger charge is 2.10. The number of carbonyl (C=O) groups excluding carboxylic acids is 1. The van der Waals surface area contributed by atoms with E-state index in [2.05, 4.69) is 43.8 Å². The van der Waals surface area contributed by atoms with E-state index in [0.717, 1.165) is 14.1 Å². The Kier molecular flexibility index (Phi) is 5.69. The molecule has 2 aromatic rings. The maximum Gasteiger partial charge on any atom is 0.252 e. The number of benzene rings is 2. The van der Waals surface area contributed by atoms with Crippen LogP contribution in [0.4, 0.5) is 8.78 Å². The van der Waals surface area contributed by atoms with Crippen LogP contribution >= 0.6 is 38.5 Å². The zero-order chi connectivity index (χ0) is 15.4.